The molecule has 21 heavy (non-hydrogen) atoms. The third kappa shape index (κ3) is 2.42. The van der Waals surface area contributed by atoms with Gasteiger partial charge in [0.2, 0.25) is 5.91 Å². The topological polar surface area (TPSA) is 83.6 Å². The average Bonchev–Trinajstić information content (AvgIpc) is 3.30. The predicted molar refractivity (Wildman–Crippen MR) is 77.8 cm³/mol. The second-order valence-corrected chi connectivity index (χ2v) is 6.28. The smallest absolute Gasteiger partial charge is 0.335 e. The van der Waals surface area contributed by atoms with E-state index in [1.807, 2.05) is 13.0 Å². The molecule has 1 aromatic rings. The van der Waals surface area contributed by atoms with E-state index in [0.29, 0.717) is 25.1 Å². The van der Waals surface area contributed by atoms with Gasteiger partial charge in [-0.2, -0.15) is 0 Å². The molecule has 5 nitrogen and oxygen atoms in total. The number of rotatable bonds is 3. The number of carboxylic acid groups (broad SMARTS) is 1. The third-order valence-electron chi connectivity index (χ3n) is 4.67. The molecule has 3 rings (SSSR count). The maximum Gasteiger partial charge on any atom is 0.335 e. The second-order valence-electron chi connectivity index (χ2n) is 6.28. The van der Waals surface area contributed by atoms with E-state index in [2.05, 4.69) is 0 Å². The van der Waals surface area contributed by atoms with Gasteiger partial charge in [-0.3, -0.25) is 4.79 Å². The average molecular weight is 288 g/mol. The van der Waals surface area contributed by atoms with Gasteiger partial charge in [-0.25, -0.2) is 4.79 Å². The van der Waals surface area contributed by atoms with E-state index in [0.717, 1.165) is 24.0 Å². The number of nitrogens with two attached hydrogens (primary N) is 1. The summed E-state index contributed by atoms with van der Waals surface area (Å²) in [5.74, 6) is -0.638. The number of aromatic carboxylic acids is 1. The molecule has 1 saturated carbocycles. The van der Waals surface area contributed by atoms with Gasteiger partial charge in [0.25, 0.3) is 0 Å². The van der Waals surface area contributed by atoms with Gasteiger partial charge in [0.05, 0.1) is 11.1 Å². The van der Waals surface area contributed by atoms with Gasteiger partial charge in [-0.05, 0) is 49.3 Å². The first kappa shape index (κ1) is 14.1. The zero-order valence-corrected chi connectivity index (χ0v) is 12.1. The van der Waals surface area contributed by atoms with Crippen LogP contribution in [0.3, 0.4) is 0 Å². The Bertz CT molecular complexity index is 606. The first-order valence-corrected chi connectivity index (χ1v) is 7.33. The molecule has 1 aliphatic carbocycles. The summed E-state index contributed by atoms with van der Waals surface area (Å²) in [4.78, 5) is 25.6. The van der Waals surface area contributed by atoms with E-state index in [4.69, 9.17) is 5.73 Å². The molecule has 1 aliphatic heterocycles. The molecular formula is C16H20N2O3. The second kappa shape index (κ2) is 4.84. The van der Waals surface area contributed by atoms with Gasteiger partial charge >= 0.3 is 5.97 Å². The monoisotopic (exact) mass is 288 g/mol. The van der Waals surface area contributed by atoms with Crippen molar-refractivity contribution in [3.05, 3.63) is 34.9 Å². The minimum atomic E-state index is -0.909. The molecule has 1 aromatic carbocycles. The fourth-order valence-corrected chi connectivity index (χ4v) is 3.18. The summed E-state index contributed by atoms with van der Waals surface area (Å²) in [6.07, 6.45) is 2.61. The van der Waals surface area contributed by atoms with E-state index in [-0.39, 0.29) is 11.8 Å². The van der Waals surface area contributed by atoms with Crippen LogP contribution in [0.2, 0.25) is 0 Å². The Hall–Kier alpha value is -1.88. The van der Waals surface area contributed by atoms with Crippen LogP contribution in [0, 0.1) is 5.92 Å². The van der Waals surface area contributed by atoms with E-state index in [1.54, 1.807) is 17.0 Å². The van der Waals surface area contributed by atoms with Gasteiger partial charge in [0.15, 0.2) is 0 Å². The first-order valence-electron chi connectivity index (χ1n) is 7.33. The summed E-state index contributed by atoms with van der Waals surface area (Å²) in [6, 6.07) is 5.25. The number of carbonyl (C=O) groups is 2. The van der Waals surface area contributed by atoms with Crippen LogP contribution in [0.25, 0.3) is 0 Å². The van der Waals surface area contributed by atoms with E-state index < -0.39 is 11.5 Å². The lowest BCUT2D eigenvalue weighted by Crippen LogP contribution is -2.55. The zero-order valence-electron chi connectivity index (χ0n) is 12.1. The summed E-state index contributed by atoms with van der Waals surface area (Å²) in [6.45, 7) is 2.81. The van der Waals surface area contributed by atoms with E-state index in [1.165, 1.54) is 0 Å². The fraction of sp³-hybridized carbons (Fsp3) is 0.500. The molecule has 1 unspecified atom stereocenters. The van der Waals surface area contributed by atoms with Crippen molar-refractivity contribution in [1.29, 1.82) is 0 Å². The van der Waals surface area contributed by atoms with E-state index >= 15 is 0 Å². The molecule has 1 atom stereocenters. The summed E-state index contributed by atoms with van der Waals surface area (Å²) in [5, 5.41) is 9.23. The standard InChI is InChI=1S/C16H20N2O3/c1-16(17,11-5-6-11)15(21)18-8-7-12-10(9-18)3-2-4-13(12)14(19)20/h2-4,11H,5-9,17H2,1H3,(H,19,20). The Morgan fingerprint density at radius 1 is 1.38 bits per heavy atom. The number of amides is 1. The zero-order chi connectivity index (χ0) is 15.2. The molecular weight excluding hydrogens is 268 g/mol. The van der Waals surface area contributed by atoms with Crippen LogP contribution in [0.4, 0.5) is 0 Å². The van der Waals surface area contributed by atoms with Crippen molar-refractivity contribution >= 4 is 11.9 Å². The van der Waals surface area contributed by atoms with Crippen molar-refractivity contribution in [3.8, 4) is 0 Å². The molecule has 0 saturated heterocycles. The SMILES string of the molecule is CC(N)(C(=O)N1CCc2c(cccc2C(=O)O)C1)C1CC1. The van der Waals surface area contributed by atoms with Gasteiger partial charge < -0.3 is 15.7 Å². The molecule has 3 N–H and O–H groups in total. The molecule has 1 heterocycles. The molecule has 2 aliphatic rings. The maximum absolute atomic E-state index is 12.6. The third-order valence-corrected chi connectivity index (χ3v) is 4.67. The number of carbonyl (C=O) groups excluding carboxylic acids is 1. The Balaban J connectivity index is 1.83. The van der Waals surface area contributed by atoms with E-state index in [9.17, 15) is 14.7 Å². The number of hydrogen-bond acceptors (Lipinski definition) is 3. The van der Waals surface area contributed by atoms with Crippen LogP contribution in [0.5, 0.6) is 0 Å². The lowest BCUT2D eigenvalue weighted by atomic mass is 9.91. The van der Waals surface area contributed by atoms with Gasteiger partial charge in [0.1, 0.15) is 0 Å². The molecule has 0 radical (unpaired) electrons. The Labute approximate surface area is 123 Å². The van der Waals surface area contributed by atoms with Crippen molar-refractivity contribution in [1.82, 2.24) is 4.90 Å². The predicted octanol–water partition coefficient (Wildman–Crippen LogP) is 1.40. The minimum absolute atomic E-state index is 0.0172. The fourth-order valence-electron chi connectivity index (χ4n) is 3.18. The van der Waals surface area contributed by atoms with Crippen LogP contribution in [0.1, 0.15) is 41.3 Å². The lowest BCUT2D eigenvalue weighted by Gasteiger charge is -2.35. The molecule has 0 aromatic heterocycles. The van der Waals surface area contributed by atoms with Gasteiger partial charge in [-0.1, -0.05) is 12.1 Å². The number of benzene rings is 1. The van der Waals surface area contributed by atoms with Crippen LogP contribution in [-0.2, 0) is 17.8 Å². The number of hydrogen-bond donors (Lipinski definition) is 2. The van der Waals surface area contributed by atoms with Crippen molar-refractivity contribution in [3.63, 3.8) is 0 Å². The first-order chi connectivity index (χ1) is 9.91. The van der Waals surface area contributed by atoms with Crippen molar-refractivity contribution < 1.29 is 14.7 Å². The molecule has 5 heteroatoms. The highest BCUT2D eigenvalue weighted by Crippen LogP contribution is 2.39. The number of fused-ring (bicyclic) bond motifs is 1. The summed E-state index contributed by atoms with van der Waals surface area (Å²) >= 11 is 0. The van der Waals surface area contributed by atoms with Crippen molar-refractivity contribution in [2.45, 2.75) is 38.3 Å². The summed E-state index contributed by atoms with van der Waals surface area (Å²) < 4.78 is 0. The highest BCUT2D eigenvalue weighted by atomic mass is 16.4. The van der Waals surface area contributed by atoms with Crippen LogP contribution >= 0.6 is 0 Å². The molecule has 1 fully saturated rings. The van der Waals surface area contributed by atoms with Crippen LogP contribution in [-0.4, -0.2) is 34.0 Å². The highest BCUT2D eigenvalue weighted by Gasteiger charge is 2.46. The van der Waals surface area contributed by atoms with Crippen molar-refractivity contribution in [2.24, 2.45) is 11.7 Å². The number of nitrogens with zero attached hydrogens (tertiary/aromatic N) is 1. The minimum Gasteiger partial charge on any atom is -0.478 e. The van der Waals surface area contributed by atoms with Gasteiger partial charge in [0, 0.05) is 13.1 Å². The number of carboxylic acids is 1. The largest absolute Gasteiger partial charge is 0.478 e. The van der Waals surface area contributed by atoms with Gasteiger partial charge in [-0.15, -0.1) is 0 Å². The Kier molecular flexibility index (Phi) is 3.24. The Morgan fingerprint density at radius 2 is 2.10 bits per heavy atom. The molecule has 0 bridgehead atoms. The molecule has 1 amide bonds. The van der Waals surface area contributed by atoms with Crippen LogP contribution in [0.15, 0.2) is 18.2 Å². The molecule has 112 valence electrons. The summed E-state index contributed by atoms with van der Waals surface area (Å²) in [7, 11) is 0. The maximum atomic E-state index is 12.6. The highest BCUT2D eigenvalue weighted by molar-refractivity contribution is 5.90. The van der Waals surface area contributed by atoms with Crippen LogP contribution < -0.4 is 5.73 Å². The molecule has 0 spiro atoms. The lowest BCUT2D eigenvalue weighted by molar-refractivity contribution is -0.138. The summed E-state index contributed by atoms with van der Waals surface area (Å²) in [5.41, 5.74) is 7.53. The Morgan fingerprint density at radius 3 is 2.71 bits per heavy atom. The van der Waals surface area contributed by atoms with Crippen molar-refractivity contribution in [2.75, 3.05) is 6.54 Å². The normalized spacial score (nSPS) is 20.6. The quantitative estimate of drug-likeness (QED) is 0.880.